The topological polar surface area (TPSA) is 40.6 Å². The van der Waals surface area contributed by atoms with Gasteiger partial charge in [-0.15, -0.1) is 11.3 Å². The van der Waals surface area contributed by atoms with Gasteiger partial charge in [-0.05, 0) is 47.5 Å². The van der Waals surface area contributed by atoms with E-state index in [0.717, 1.165) is 31.5 Å². The van der Waals surface area contributed by atoms with Gasteiger partial charge in [0.15, 0.2) is 0 Å². The Bertz CT molecular complexity index is 812. The van der Waals surface area contributed by atoms with Gasteiger partial charge in [0.1, 0.15) is 0 Å². The molecule has 0 amide bonds. The zero-order valence-corrected chi connectivity index (χ0v) is 16.0. The van der Waals surface area contributed by atoms with Gasteiger partial charge in [0.2, 0.25) is 10.0 Å². The molecule has 3 rings (SSSR count). The van der Waals surface area contributed by atoms with Crippen LogP contribution in [-0.2, 0) is 23.0 Å². The molecule has 0 saturated carbocycles. The molecule has 24 heavy (non-hydrogen) atoms. The van der Waals surface area contributed by atoms with Gasteiger partial charge in [0.25, 0.3) is 0 Å². The molecule has 1 aliphatic heterocycles. The Kier molecular flexibility index (Phi) is 5.11. The summed E-state index contributed by atoms with van der Waals surface area (Å²) in [6.45, 7) is 4.03. The molecule has 0 radical (unpaired) electrons. The minimum atomic E-state index is -3.38. The van der Waals surface area contributed by atoms with Crippen LogP contribution in [0.5, 0.6) is 0 Å². The molecule has 130 valence electrons. The van der Waals surface area contributed by atoms with Gasteiger partial charge in [0.05, 0.1) is 4.90 Å². The molecule has 1 unspecified atom stereocenters. The zero-order chi connectivity index (χ0) is 17.3. The molecule has 2 heterocycles. The van der Waals surface area contributed by atoms with Crippen LogP contribution in [-0.4, -0.2) is 38.3 Å². The third-order valence-electron chi connectivity index (χ3n) is 4.66. The van der Waals surface area contributed by atoms with Crippen LogP contribution >= 0.6 is 11.3 Å². The lowest BCUT2D eigenvalue weighted by atomic mass is 9.97. The van der Waals surface area contributed by atoms with Crippen molar-refractivity contribution in [3.05, 3.63) is 51.7 Å². The Morgan fingerprint density at radius 3 is 2.79 bits per heavy atom. The van der Waals surface area contributed by atoms with E-state index in [0.29, 0.717) is 10.9 Å². The van der Waals surface area contributed by atoms with Crippen LogP contribution < -0.4 is 0 Å². The van der Waals surface area contributed by atoms with E-state index in [1.165, 1.54) is 14.7 Å². The maximum absolute atomic E-state index is 12.3. The zero-order valence-electron chi connectivity index (χ0n) is 14.4. The van der Waals surface area contributed by atoms with Crippen LogP contribution in [0.1, 0.15) is 35.4 Å². The van der Waals surface area contributed by atoms with Crippen LogP contribution in [0.15, 0.2) is 40.6 Å². The van der Waals surface area contributed by atoms with Crippen molar-refractivity contribution in [1.29, 1.82) is 0 Å². The number of benzene rings is 1. The molecule has 1 aromatic carbocycles. The molecule has 1 aromatic heterocycles. The average Bonchev–Trinajstić information content (AvgIpc) is 3.03. The lowest BCUT2D eigenvalue weighted by Gasteiger charge is -2.35. The van der Waals surface area contributed by atoms with Gasteiger partial charge >= 0.3 is 0 Å². The molecule has 0 N–H and O–H groups in total. The first kappa shape index (κ1) is 17.6. The summed E-state index contributed by atoms with van der Waals surface area (Å²) >= 11 is 1.85. The van der Waals surface area contributed by atoms with Crippen molar-refractivity contribution in [2.45, 2.75) is 37.2 Å². The Morgan fingerprint density at radius 2 is 2.08 bits per heavy atom. The molecule has 0 aliphatic carbocycles. The number of thiophene rings is 1. The maximum Gasteiger partial charge on any atom is 0.242 e. The largest absolute Gasteiger partial charge is 0.292 e. The highest BCUT2D eigenvalue weighted by molar-refractivity contribution is 7.89. The van der Waals surface area contributed by atoms with Crippen LogP contribution in [0.25, 0.3) is 0 Å². The molecular weight excluding hydrogens is 340 g/mol. The molecule has 1 atom stereocenters. The summed E-state index contributed by atoms with van der Waals surface area (Å²) in [4.78, 5) is 4.34. The highest BCUT2D eigenvalue weighted by atomic mass is 32.2. The second-order valence-corrected chi connectivity index (χ2v) is 9.53. The predicted molar refractivity (Wildman–Crippen MR) is 98.8 cm³/mol. The van der Waals surface area contributed by atoms with Crippen molar-refractivity contribution in [2.24, 2.45) is 0 Å². The van der Waals surface area contributed by atoms with Crippen LogP contribution in [0, 0.1) is 0 Å². The van der Waals surface area contributed by atoms with Gasteiger partial charge < -0.3 is 0 Å². The van der Waals surface area contributed by atoms with E-state index in [2.05, 4.69) is 23.3 Å². The van der Waals surface area contributed by atoms with E-state index in [9.17, 15) is 8.42 Å². The molecule has 0 spiro atoms. The summed E-state index contributed by atoms with van der Waals surface area (Å²) in [5, 5.41) is 2.18. The van der Waals surface area contributed by atoms with Gasteiger partial charge in [-0.25, -0.2) is 12.7 Å². The summed E-state index contributed by atoms with van der Waals surface area (Å²) < 4.78 is 25.9. The summed E-state index contributed by atoms with van der Waals surface area (Å²) in [5.41, 5.74) is 2.50. The number of hydrogen-bond donors (Lipinski definition) is 0. The number of nitrogens with zero attached hydrogens (tertiary/aromatic N) is 2. The molecule has 1 aliphatic rings. The normalized spacial score (nSPS) is 18.8. The lowest BCUT2D eigenvalue weighted by molar-refractivity contribution is 0.173. The van der Waals surface area contributed by atoms with Crippen molar-refractivity contribution in [3.8, 4) is 0 Å². The van der Waals surface area contributed by atoms with Crippen molar-refractivity contribution < 1.29 is 8.42 Å². The van der Waals surface area contributed by atoms with E-state index >= 15 is 0 Å². The van der Waals surface area contributed by atoms with E-state index in [-0.39, 0.29) is 0 Å². The highest BCUT2D eigenvalue weighted by Gasteiger charge is 2.27. The van der Waals surface area contributed by atoms with E-state index in [4.69, 9.17) is 0 Å². The molecule has 6 heteroatoms. The lowest BCUT2D eigenvalue weighted by Crippen LogP contribution is -2.34. The first-order valence-electron chi connectivity index (χ1n) is 8.25. The van der Waals surface area contributed by atoms with Crippen molar-refractivity contribution in [3.63, 3.8) is 0 Å². The summed E-state index contributed by atoms with van der Waals surface area (Å²) in [5.74, 6) is 0. The van der Waals surface area contributed by atoms with Crippen LogP contribution in [0.2, 0.25) is 0 Å². The minimum Gasteiger partial charge on any atom is -0.292 e. The standard InChI is InChI=1S/C18H24N2O2S2/c1-4-17-16-9-11-23-18(16)8-10-20(17)13-14-6-5-7-15(12-14)24(21,22)19(2)3/h5-7,9,11-12,17H,4,8,10,13H2,1-3H3. The summed E-state index contributed by atoms with van der Waals surface area (Å²) in [7, 11) is -0.248. The monoisotopic (exact) mass is 364 g/mol. The molecule has 2 aromatic rings. The molecule has 0 saturated heterocycles. The van der Waals surface area contributed by atoms with Gasteiger partial charge in [-0.2, -0.15) is 0 Å². The Labute approximate surface area is 148 Å². The van der Waals surface area contributed by atoms with E-state index in [1.54, 1.807) is 20.2 Å². The predicted octanol–water partition coefficient (Wildman–Crippen LogP) is 3.51. The Morgan fingerprint density at radius 1 is 1.29 bits per heavy atom. The number of rotatable bonds is 5. The Hall–Kier alpha value is -1.21. The van der Waals surface area contributed by atoms with Crippen LogP contribution in [0.3, 0.4) is 0 Å². The fourth-order valence-electron chi connectivity index (χ4n) is 3.37. The minimum absolute atomic E-state index is 0.367. The highest BCUT2D eigenvalue weighted by Crippen LogP contribution is 2.36. The maximum atomic E-state index is 12.3. The number of hydrogen-bond acceptors (Lipinski definition) is 4. The molecule has 4 nitrogen and oxygen atoms in total. The average molecular weight is 365 g/mol. The second-order valence-electron chi connectivity index (χ2n) is 6.38. The fraction of sp³-hybridized carbons (Fsp3) is 0.444. The quantitative estimate of drug-likeness (QED) is 0.815. The van der Waals surface area contributed by atoms with Gasteiger partial charge in [-0.3, -0.25) is 4.90 Å². The van der Waals surface area contributed by atoms with Crippen molar-refractivity contribution in [2.75, 3.05) is 20.6 Å². The SMILES string of the molecule is CCC1c2ccsc2CCN1Cc1cccc(S(=O)(=O)N(C)C)c1. The summed E-state index contributed by atoms with van der Waals surface area (Å²) in [6.07, 6.45) is 2.15. The molecule has 0 bridgehead atoms. The number of fused-ring (bicyclic) bond motifs is 1. The second kappa shape index (κ2) is 6.96. The van der Waals surface area contributed by atoms with Crippen LogP contribution in [0.4, 0.5) is 0 Å². The fourth-order valence-corrected chi connectivity index (χ4v) is 5.27. The molecule has 0 fully saturated rings. The Balaban J connectivity index is 1.84. The van der Waals surface area contributed by atoms with Gasteiger partial charge in [-0.1, -0.05) is 19.1 Å². The first-order chi connectivity index (χ1) is 11.4. The van der Waals surface area contributed by atoms with Gasteiger partial charge in [0, 0.05) is 38.1 Å². The van der Waals surface area contributed by atoms with E-state index in [1.807, 2.05) is 29.5 Å². The third-order valence-corrected chi connectivity index (χ3v) is 7.46. The molecular formula is C18H24N2O2S2. The first-order valence-corrected chi connectivity index (χ1v) is 10.6. The van der Waals surface area contributed by atoms with E-state index < -0.39 is 10.0 Å². The van der Waals surface area contributed by atoms with Crippen molar-refractivity contribution in [1.82, 2.24) is 9.21 Å². The smallest absolute Gasteiger partial charge is 0.242 e. The summed E-state index contributed by atoms with van der Waals surface area (Å²) in [6, 6.07) is 10.0. The third kappa shape index (κ3) is 3.28. The van der Waals surface area contributed by atoms with Crippen molar-refractivity contribution >= 4 is 21.4 Å². The number of sulfonamides is 1.